The summed E-state index contributed by atoms with van der Waals surface area (Å²) in [6, 6.07) is 2.87. The number of amides is 2. The predicted molar refractivity (Wildman–Crippen MR) is 113 cm³/mol. The van der Waals surface area contributed by atoms with E-state index in [1.54, 1.807) is 4.90 Å². The molecule has 0 atom stereocenters. The minimum Gasteiger partial charge on any atom is -0.489 e. The monoisotopic (exact) mass is 487 g/mol. The summed E-state index contributed by atoms with van der Waals surface area (Å²) in [5.41, 5.74) is 7.74. The number of hydrogen-bond acceptors (Lipinski definition) is 5. The van der Waals surface area contributed by atoms with Gasteiger partial charge in [0.15, 0.2) is 0 Å². The Bertz CT molecular complexity index is 1090. The van der Waals surface area contributed by atoms with Gasteiger partial charge in [-0.1, -0.05) is 23.2 Å². The maximum atomic E-state index is 12.5. The normalized spacial score (nSPS) is 15.8. The molecule has 0 spiro atoms. The molecule has 32 heavy (non-hydrogen) atoms. The van der Waals surface area contributed by atoms with Crippen LogP contribution in [0.2, 0.25) is 10.0 Å². The summed E-state index contributed by atoms with van der Waals surface area (Å²) in [5, 5.41) is 3.33. The van der Waals surface area contributed by atoms with Crippen LogP contribution in [-0.2, 0) is 13.1 Å². The van der Waals surface area contributed by atoms with Gasteiger partial charge in [-0.3, -0.25) is 0 Å². The number of ether oxygens (including phenoxy) is 1. The Kier molecular flexibility index (Phi) is 6.09. The number of benzene rings is 1. The highest BCUT2D eigenvalue weighted by atomic mass is 35.5. The third kappa shape index (κ3) is 5.18. The molecule has 0 radical (unpaired) electrons. The fourth-order valence-electron chi connectivity index (χ4n) is 3.33. The first-order valence-corrected chi connectivity index (χ1v) is 10.4. The van der Waals surface area contributed by atoms with Crippen molar-refractivity contribution in [2.75, 3.05) is 12.3 Å². The Morgan fingerprint density at radius 3 is 2.72 bits per heavy atom. The molecule has 2 aromatic rings. The molecule has 2 heterocycles. The number of allylic oxidation sites excluding steroid dienone is 1. The standard InChI is InChI=1S/C20H18Cl2F3N5O2/c21-10-6-13(22)16(15(7-10)32-5-1-4-20(23,24)25)17-12-8-30(19(31)27-11-2-3-11)9-14(12)28-18(26)29-17/h1,4,6-7,11H,2-3,5,8-9H2,(H,27,31)(H2,26,28,29). The summed E-state index contributed by atoms with van der Waals surface area (Å²) in [6.07, 6.45) is -1.63. The minimum absolute atomic E-state index is 0.0304. The number of halogens is 5. The number of nitrogen functional groups attached to an aromatic ring is 1. The Labute approximate surface area is 191 Å². The van der Waals surface area contributed by atoms with Crippen molar-refractivity contribution in [3.63, 3.8) is 0 Å². The lowest BCUT2D eigenvalue weighted by molar-refractivity contribution is -0.0801. The number of alkyl halides is 3. The summed E-state index contributed by atoms with van der Waals surface area (Å²) in [4.78, 5) is 22.6. The Morgan fingerprint density at radius 1 is 1.28 bits per heavy atom. The average molecular weight is 488 g/mol. The highest BCUT2D eigenvalue weighted by Crippen LogP contribution is 2.42. The molecule has 170 valence electrons. The van der Waals surface area contributed by atoms with E-state index in [1.807, 2.05) is 0 Å². The fraction of sp³-hybridized carbons (Fsp3) is 0.350. The summed E-state index contributed by atoms with van der Waals surface area (Å²) >= 11 is 12.5. The van der Waals surface area contributed by atoms with Crippen LogP contribution in [0.3, 0.4) is 0 Å². The number of rotatable bonds is 5. The molecular formula is C20H18Cl2F3N5O2. The zero-order chi connectivity index (χ0) is 23.0. The van der Waals surface area contributed by atoms with Crippen molar-refractivity contribution in [2.45, 2.75) is 38.1 Å². The summed E-state index contributed by atoms with van der Waals surface area (Å²) in [5.74, 6) is 0.104. The SMILES string of the molecule is Nc1nc2c(c(-c3c(Cl)cc(Cl)cc3OCC=CC(F)(F)F)n1)CN(C(=O)NC1CC1)C2. The number of carbonyl (C=O) groups is 1. The van der Waals surface area contributed by atoms with Crippen LogP contribution in [0.1, 0.15) is 24.1 Å². The molecule has 1 aromatic heterocycles. The second-order valence-corrected chi connectivity index (χ2v) is 8.29. The van der Waals surface area contributed by atoms with Crippen molar-refractivity contribution in [3.05, 3.63) is 45.6 Å². The van der Waals surface area contributed by atoms with Crippen LogP contribution < -0.4 is 15.8 Å². The summed E-state index contributed by atoms with van der Waals surface area (Å²) in [6.45, 7) is 0.0844. The number of nitrogens with one attached hydrogen (secondary N) is 1. The molecular weight excluding hydrogens is 470 g/mol. The highest BCUT2D eigenvalue weighted by Gasteiger charge is 2.33. The molecule has 7 nitrogen and oxygen atoms in total. The maximum Gasteiger partial charge on any atom is 0.409 e. The molecule has 1 aliphatic heterocycles. The lowest BCUT2D eigenvalue weighted by atomic mass is 10.0. The maximum absolute atomic E-state index is 12.5. The number of nitrogens with two attached hydrogens (primary N) is 1. The molecule has 0 saturated heterocycles. The van der Waals surface area contributed by atoms with Crippen LogP contribution in [0, 0.1) is 0 Å². The molecule has 1 fully saturated rings. The van der Waals surface area contributed by atoms with Crippen LogP contribution in [-0.4, -0.2) is 39.7 Å². The van der Waals surface area contributed by atoms with E-state index in [4.69, 9.17) is 33.7 Å². The molecule has 2 aliphatic rings. The van der Waals surface area contributed by atoms with Gasteiger partial charge in [0.1, 0.15) is 12.4 Å². The molecule has 1 aromatic carbocycles. The number of urea groups is 1. The van der Waals surface area contributed by atoms with Crippen molar-refractivity contribution in [2.24, 2.45) is 0 Å². The van der Waals surface area contributed by atoms with Crippen molar-refractivity contribution in [1.82, 2.24) is 20.2 Å². The third-order valence-corrected chi connectivity index (χ3v) is 5.41. The van der Waals surface area contributed by atoms with Gasteiger partial charge >= 0.3 is 12.2 Å². The number of anilines is 1. The Hall–Kier alpha value is -2.72. The molecule has 2 amide bonds. The second kappa shape index (κ2) is 8.67. The van der Waals surface area contributed by atoms with Crippen molar-refractivity contribution in [3.8, 4) is 17.0 Å². The first-order valence-electron chi connectivity index (χ1n) is 9.68. The van der Waals surface area contributed by atoms with E-state index in [0.29, 0.717) is 22.5 Å². The number of fused-ring (bicyclic) bond motifs is 1. The topological polar surface area (TPSA) is 93.4 Å². The first kappa shape index (κ1) is 22.5. The largest absolute Gasteiger partial charge is 0.489 e. The predicted octanol–water partition coefficient (Wildman–Crippen LogP) is 4.72. The van der Waals surface area contributed by atoms with Gasteiger partial charge in [0, 0.05) is 22.7 Å². The van der Waals surface area contributed by atoms with Gasteiger partial charge in [-0.15, -0.1) is 0 Å². The number of hydrogen-bond donors (Lipinski definition) is 2. The van der Waals surface area contributed by atoms with Crippen LogP contribution in [0.15, 0.2) is 24.3 Å². The van der Waals surface area contributed by atoms with Crippen LogP contribution in [0.25, 0.3) is 11.3 Å². The molecule has 12 heteroatoms. The van der Waals surface area contributed by atoms with E-state index in [2.05, 4.69) is 15.3 Å². The summed E-state index contributed by atoms with van der Waals surface area (Å²) in [7, 11) is 0. The van der Waals surface area contributed by atoms with E-state index in [0.717, 1.165) is 18.9 Å². The van der Waals surface area contributed by atoms with Gasteiger partial charge in [-0.25, -0.2) is 14.8 Å². The number of nitrogens with zero attached hydrogens (tertiary/aromatic N) is 3. The molecule has 1 aliphatic carbocycles. The zero-order valence-electron chi connectivity index (χ0n) is 16.5. The summed E-state index contributed by atoms with van der Waals surface area (Å²) < 4.78 is 42.7. The van der Waals surface area contributed by atoms with Gasteiger partial charge in [-0.2, -0.15) is 13.2 Å². The van der Waals surface area contributed by atoms with Crippen molar-refractivity contribution < 1.29 is 22.7 Å². The Morgan fingerprint density at radius 2 is 2.03 bits per heavy atom. The number of carbonyl (C=O) groups excluding carboxylic acids is 1. The van der Waals surface area contributed by atoms with E-state index in [1.165, 1.54) is 12.1 Å². The lowest BCUT2D eigenvalue weighted by Gasteiger charge is -2.17. The third-order valence-electron chi connectivity index (χ3n) is 4.89. The van der Waals surface area contributed by atoms with E-state index in [-0.39, 0.29) is 59.6 Å². The smallest absolute Gasteiger partial charge is 0.409 e. The van der Waals surface area contributed by atoms with Gasteiger partial charge in [0.2, 0.25) is 5.95 Å². The molecule has 0 bridgehead atoms. The van der Waals surface area contributed by atoms with E-state index >= 15 is 0 Å². The molecule has 4 rings (SSSR count). The van der Waals surface area contributed by atoms with Gasteiger partial charge in [0.05, 0.1) is 35.1 Å². The Balaban J connectivity index is 1.67. The van der Waals surface area contributed by atoms with Crippen molar-refractivity contribution in [1.29, 1.82) is 0 Å². The fourth-order valence-corrected chi connectivity index (χ4v) is 3.90. The van der Waals surface area contributed by atoms with Crippen LogP contribution >= 0.6 is 23.2 Å². The van der Waals surface area contributed by atoms with E-state index in [9.17, 15) is 18.0 Å². The lowest BCUT2D eigenvalue weighted by Crippen LogP contribution is -2.37. The van der Waals surface area contributed by atoms with Crippen LogP contribution in [0.5, 0.6) is 5.75 Å². The highest BCUT2D eigenvalue weighted by molar-refractivity contribution is 6.37. The first-order chi connectivity index (χ1) is 15.1. The van der Waals surface area contributed by atoms with Gasteiger partial charge in [-0.05, 0) is 31.1 Å². The molecule has 1 saturated carbocycles. The second-order valence-electron chi connectivity index (χ2n) is 7.45. The van der Waals surface area contributed by atoms with Gasteiger partial charge in [0.25, 0.3) is 0 Å². The molecule has 0 unspecified atom stereocenters. The molecule has 3 N–H and O–H groups in total. The zero-order valence-corrected chi connectivity index (χ0v) is 18.1. The quantitative estimate of drug-likeness (QED) is 0.595. The van der Waals surface area contributed by atoms with Gasteiger partial charge < -0.3 is 20.7 Å². The van der Waals surface area contributed by atoms with E-state index < -0.39 is 6.18 Å². The minimum atomic E-state index is -4.45. The number of aromatic nitrogens is 2. The van der Waals surface area contributed by atoms with Crippen molar-refractivity contribution >= 4 is 35.2 Å². The van der Waals surface area contributed by atoms with Crippen LogP contribution in [0.4, 0.5) is 23.9 Å². The average Bonchev–Trinajstić information content (AvgIpc) is 3.39.